The number of nitrogens with one attached hydrogen (secondary N) is 1. The third kappa shape index (κ3) is 3.61. The fourth-order valence-electron chi connectivity index (χ4n) is 2.52. The Kier molecular flexibility index (Phi) is 4.45. The summed E-state index contributed by atoms with van der Waals surface area (Å²) in [6.07, 6.45) is 5.35. The Labute approximate surface area is 139 Å². The molecule has 0 unspecified atom stereocenters. The van der Waals surface area contributed by atoms with Crippen LogP contribution in [0.1, 0.15) is 30.4 Å². The number of benzene rings is 1. The second kappa shape index (κ2) is 6.67. The van der Waals surface area contributed by atoms with Crippen molar-refractivity contribution in [3.05, 3.63) is 58.4 Å². The van der Waals surface area contributed by atoms with E-state index in [1.165, 1.54) is 6.20 Å². The summed E-state index contributed by atoms with van der Waals surface area (Å²) in [6.45, 7) is 0.516. The van der Waals surface area contributed by atoms with Crippen molar-refractivity contribution in [2.24, 2.45) is 0 Å². The first kappa shape index (κ1) is 15.3. The molecule has 1 heterocycles. The van der Waals surface area contributed by atoms with E-state index in [0.29, 0.717) is 29.4 Å². The summed E-state index contributed by atoms with van der Waals surface area (Å²) in [6, 6.07) is 9.61. The lowest BCUT2D eigenvalue weighted by Crippen LogP contribution is -2.13. The maximum absolute atomic E-state index is 11.5. The monoisotopic (exact) mass is 326 g/mol. The van der Waals surface area contributed by atoms with Gasteiger partial charge in [-0.15, -0.1) is 0 Å². The molecule has 6 heteroatoms. The summed E-state index contributed by atoms with van der Waals surface area (Å²) in [5.41, 5.74) is 2.31. The van der Waals surface area contributed by atoms with Crippen LogP contribution in [0.15, 0.2) is 42.2 Å². The van der Waals surface area contributed by atoms with Crippen molar-refractivity contribution in [3.8, 4) is 6.07 Å². The van der Waals surface area contributed by atoms with Gasteiger partial charge in [0.1, 0.15) is 17.5 Å². The van der Waals surface area contributed by atoms with E-state index in [1.807, 2.05) is 24.3 Å². The summed E-state index contributed by atoms with van der Waals surface area (Å²) in [5, 5.41) is 17.4. The van der Waals surface area contributed by atoms with Gasteiger partial charge in [-0.3, -0.25) is 4.79 Å². The molecule has 0 spiro atoms. The van der Waals surface area contributed by atoms with Gasteiger partial charge in [-0.1, -0.05) is 23.7 Å². The third-order valence-electron chi connectivity index (χ3n) is 3.69. The fourth-order valence-corrected chi connectivity index (χ4v) is 2.65. The van der Waals surface area contributed by atoms with Crippen LogP contribution in [0, 0.1) is 11.3 Å². The van der Waals surface area contributed by atoms with E-state index in [0.717, 1.165) is 24.1 Å². The van der Waals surface area contributed by atoms with Crippen LogP contribution < -0.4 is 5.32 Å². The number of halogens is 1. The average molecular weight is 327 g/mol. The predicted molar refractivity (Wildman–Crippen MR) is 88.1 cm³/mol. The molecule has 1 aromatic heterocycles. The second-order valence-electron chi connectivity index (χ2n) is 5.42. The Morgan fingerprint density at radius 1 is 1.30 bits per heavy atom. The van der Waals surface area contributed by atoms with Crippen LogP contribution in [0.5, 0.6) is 0 Å². The van der Waals surface area contributed by atoms with E-state index in [1.54, 1.807) is 10.8 Å². The Morgan fingerprint density at radius 2 is 2.09 bits per heavy atom. The van der Waals surface area contributed by atoms with Gasteiger partial charge in [0, 0.05) is 23.2 Å². The van der Waals surface area contributed by atoms with Crippen LogP contribution in [-0.2, 0) is 11.3 Å². The standard InChI is InChI=1S/C17H15ClN4O/c18-14-6-4-12(5-7-14)11-22-17(13(9-19)10-20-22)21-15-2-1-3-16(23)8-15/h4-8,10,21H,1-3,11H2. The molecule has 0 aliphatic heterocycles. The fraction of sp³-hybridized carbons (Fsp3) is 0.235. The lowest BCUT2D eigenvalue weighted by atomic mass is 10.0. The van der Waals surface area contributed by atoms with Crippen molar-refractivity contribution in [3.63, 3.8) is 0 Å². The number of ketones is 1. The maximum atomic E-state index is 11.5. The van der Waals surface area contributed by atoms with Crippen molar-refractivity contribution in [1.82, 2.24) is 9.78 Å². The Bertz CT molecular complexity index is 799. The first-order valence-electron chi connectivity index (χ1n) is 7.36. The molecule has 0 radical (unpaired) electrons. The van der Waals surface area contributed by atoms with Crippen molar-refractivity contribution in [2.75, 3.05) is 5.32 Å². The lowest BCUT2D eigenvalue weighted by Gasteiger charge is -2.16. The van der Waals surface area contributed by atoms with Crippen molar-refractivity contribution >= 4 is 23.2 Å². The van der Waals surface area contributed by atoms with Crippen LogP contribution >= 0.6 is 11.6 Å². The number of carbonyl (C=O) groups is 1. The van der Waals surface area contributed by atoms with Gasteiger partial charge in [-0.05, 0) is 30.5 Å². The molecule has 3 rings (SSSR count). The van der Waals surface area contributed by atoms with Gasteiger partial charge in [0.15, 0.2) is 5.78 Å². The zero-order valence-electron chi connectivity index (χ0n) is 12.4. The van der Waals surface area contributed by atoms with E-state index >= 15 is 0 Å². The molecular formula is C17H15ClN4O. The summed E-state index contributed by atoms with van der Waals surface area (Å²) < 4.78 is 1.72. The normalized spacial score (nSPS) is 14.3. The van der Waals surface area contributed by atoms with E-state index < -0.39 is 0 Å². The van der Waals surface area contributed by atoms with Crippen LogP contribution in [0.2, 0.25) is 5.02 Å². The molecule has 5 nitrogen and oxygen atoms in total. The van der Waals surface area contributed by atoms with Crippen LogP contribution in [0.3, 0.4) is 0 Å². The molecule has 1 aromatic carbocycles. The number of allylic oxidation sites excluding steroid dienone is 2. The van der Waals surface area contributed by atoms with E-state index in [9.17, 15) is 10.1 Å². The van der Waals surface area contributed by atoms with Gasteiger partial charge in [0.05, 0.1) is 12.7 Å². The molecule has 0 saturated heterocycles. The van der Waals surface area contributed by atoms with Crippen molar-refractivity contribution in [2.45, 2.75) is 25.8 Å². The number of rotatable bonds is 4. The van der Waals surface area contributed by atoms with Crippen LogP contribution in [0.25, 0.3) is 0 Å². The molecule has 1 aliphatic rings. The molecule has 0 bridgehead atoms. The molecule has 23 heavy (non-hydrogen) atoms. The maximum Gasteiger partial charge on any atom is 0.157 e. The Hall–Kier alpha value is -2.58. The minimum Gasteiger partial charge on any atom is -0.343 e. The zero-order chi connectivity index (χ0) is 16.2. The molecule has 0 fully saturated rings. The minimum atomic E-state index is 0.112. The van der Waals surface area contributed by atoms with Gasteiger partial charge in [0.25, 0.3) is 0 Å². The minimum absolute atomic E-state index is 0.112. The largest absolute Gasteiger partial charge is 0.343 e. The highest BCUT2D eigenvalue weighted by Gasteiger charge is 2.15. The van der Waals surface area contributed by atoms with Gasteiger partial charge in [-0.25, -0.2) is 4.68 Å². The van der Waals surface area contributed by atoms with Gasteiger partial charge < -0.3 is 5.32 Å². The van der Waals surface area contributed by atoms with Crippen LogP contribution in [-0.4, -0.2) is 15.6 Å². The molecular weight excluding hydrogens is 312 g/mol. The highest BCUT2D eigenvalue weighted by Crippen LogP contribution is 2.22. The van der Waals surface area contributed by atoms with Gasteiger partial charge in [-0.2, -0.15) is 10.4 Å². The second-order valence-corrected chi connectivity index (χ2v) is 5.85. The molecule has 116 valence electrons. The Balaban J connectivity index is 1.87. The third-order valence-corrected chi connectivity index (χ3v) is 3.94. The molecule has 0 atom stereocenters. The summed E-state index contributed by atoms with van der Waals surface area (Å²) in [7, 11) is 0. The number of carbonyl (C=O) groups excluding carboxylic acids is 1. The average Bonchev–Trinajstić information content (AvgIpc) is 2.91. The first-order valence-corrected chi connectivity index (χ1v) is 7.74. The number of nitrogens with zero attached hydrogens (tertiary/aromatic N) is 3. The van der Waals surface area contributed by atoms with Gasteiger partial charge in [0.2, 0.25) is 0 Å². The SMILES string of the molecule is N#Cc1cnn(Cc2ccc(Cl)cc2)c1NC1=CC(=O)CCC1. The van der Waals surface area contributed by atoms with Crippen molar-refractivity contribution in [1.29, 1.82) is 5.26 Å². The smallest absolute Gasteiger partial charge is 0.157 e. The number of hydrogen-bond acceptors (Lipinski definition) is 4. The molecule has 0 amide bonds. The Morgan fingerprint density at radius 3 is 2.78 bits per heavy atom. The summed E-state index contributed by atoms with van der Waals surface area (Å²) in [4.78, 5) is 11.5. The first-order chi connectivity index (χ1) is 11.2. The van der Waals surface area contributed by atoms with E-state index in [-0.39, 0.29) is 5.78 Å². The highest BCUT2D eigenvalue weighted by molar-refractivity contribution is 6.30. The lowest BCUT2D eigenvalue weighted by molar-refractivity contribution is -0.115. The van der Waals surface area contributed by atoms with E-state index in [4.69, 9.17) is 11.6 Å². The van der Waals surface area contributed by atoms with Crippen molar-refractivity contribution < 1.29 is 4.79 Å². The van der Waals surface area contributed by atoms with Gasteiger partial charge >= 0.3 is 0 Å². The number of hydrogen-bond donors (Lipinski definition) is 1. The zero-order valence-corrected chi connectivity index (χ0v) is 13.2. The predicted octanol–water partition coefficient (Wildman–Crippen LogP) is 3.51. The number of nitriles is 1. The topological polar surface area (TPSA) is 70.7 Å². The number of aromatic nitrogens is 2. The summed E-state index contributed by atoms with van der Waals surface area (Å²) >= 11 is 5.90. The van der Waals surface area contributed by atoms with Crippen LogP contribution in [0.4, 0.5) is 5.82 Å². The summed E-state index contributed by atoms with van der Waals surface area (Å²) in [5.74, 6) is 0.726. The van der Waals surface area contributed by atoms with E-state index in [2.05, 4.69) is 16.5 Å². The molecule has 2 aromatic rings. The quantitative estimate of drug-likeness (QED) is 0.933. The highest BCUT2D eigenvalue weighted by atomic mass is 35.5. The number of anilines is 1. The molecule has 1 aliphatic carbocycles. The molecule has 0 saturated carbocycles. The molecule has 1 N–H and O–H groups in total.